The normalized spacial score (nSPS) is 12.4. The second-order valence-corrected chi connectivity index (χ2v) is 7.05. The van der Waals surface area contributed by atoms with Gasteiger partial charge in [0.2, 0.25) is 6.79 Å². The molecule has 0 unspecified atom stereocenters. The van der Waals surface area contributed by atoms with Gasteiger partial charge in [-0.05, 0) is 42.8 Å². The van der Waals surface area contributed by atoms with Crippen molar-refractivity contribution in [2.45, 2.75) is 6.42 Å². The van der Waals surface area contributed by atoms with Crippen molar-refractivity contribution in [3.8, 4) is 34.5 Å². The number of para-hydroxylation sites is 1. The molecule has 1 amide bonds. The summed E-state index contributed by atoms with van der Waals surface area (Å²) in [5, 5.41) is 17.1. The smallest absolute Gasteiger partial charge is 0.261 e. The first-order chi connectivity index (χ1) is 15.7. The Balaban J connectivity index is 1.71. The van der Waals surface area contributed by atoms with Crippen LogP contribution in [0.15, 0.2) is 60.3 Å². The summed E-state index contributed by atoms with van der Waals surface area (Å²) in [5.74, 6) is 0.859. The van der Waals surface area contributed by atoms with Crippen LogP contribution < -0.4 is 14.8 Å². The van der Waals surface area contributed by atoms with Gasteiger partial charge in [-0.25, -0.2) is 4.68 Å². The van der Waals surface area contributed by atoms with Crippen LogP contribution in [0.25, 0.3) is 23.0 Å². The zero-order valence-electron chi connectivity index (χ0n) is 17.6. The number of nitrogens with zero attached hydrogens (tertiary/aromatic N) is 3. The van der Waals surface area contributed by atoms with E-state index in [1.165, 1.54) is 0 Å². The maximum Gasteiger partial charge on any atom is 0.261 e. The van der Waals surface area contributed by atoms with Gasteiger partial charge in [0, 0.05) is 37.6 Å². The third kappa shape index (κ3) is 4.63. The Morgan fingerprint density at radius 3 is 2.84 bits per heavy atom. The number of nitrogens with one attached hydrogen (secondary N) is 1. The van der Waals surface area contributed by atoms with Gasteiger partial charge in [0.15, 0.2) is 11.5 Å². The van der Waals surface area contributed by atoms with E-state index in [0.29, 0.717) is 42.3 Å². The van der Waals surface area contributed by atoms with Gasteiger partial charge in [0.05, 0.1) is 5.69 Å². The highest BCUT2D eigenvalue weighted by Crippen LogP contribution is 2.37. The average molecular weight is 430 g/mol. The minimum absolute atomic E-state index is 0.00276. The van der Waals surface area contributed by atoms with Crippen LogP contribution in [0.4, 0.5) is 0 Å². The van der Waals surface area contributed by atoms with E-state index in [9.17, 15) is 10.1 Å². The van der Waals surface area contributed by atoms with Crippen molar-refractivity contribution in [1.82, 2.24) is 15.1 Å². The molecule has 0 aliphatic carbocycles. The van der Waals surface area contributed by atoms with Crippen LogP contribution in [0, 0.1) is 11.3 Å². The van der Waals surface area contributed by atoms with Crippen LogP contribution in [0.5, 0.6) is 11.5 Å². The number of hydrogen-bond acceptors (Lipinski definition) is 6. The van der Waals surface area contributed by atoms with Crippen molar-refractivity contribution in [2.75, 3.05) is 27.1 Å². The second-order valence-electron chi connectivity index (χ2n) is 7.05. The predicted octanol–water partition coefficient (Wildman–Crippen LogP) is 3.33. The summed E-state index contributed by atoms with van der Waals surface area (Å²) in [6.07, 6.45) is 4.01. The molecule has 3 aromatic rings. The molecule has 0 bridgehead atoms. The summed E-state index contributed by atoms with van der Waals surface area (Å²) in [6.45, 7) is 1.12. The van der Waals surface area contributed by atoms with E-state index >= 15 is 0 Å². The van der Waals surface area contributed by atoms with Gasteiger partial charge >= 0.3 is 0 Å². The lowest BCUT2D eigenvalue weighted by molar-refractivity contribution is -0.117. The van der Waals surface area contributed by atoms with E-state index in [1.54, 1.807) is 24.1 Å². The summed E-state index contributed by atoms with van der Waals surface area (Å²) >= 11 is 0. The Morgan fingerprint density at radius 1 is 1.25 bits per heavy atom. The Morgan fingerprint density at radius 2 is 2.06 bits per heavy atom. The van der Waals surface area contributed by atoms with E-state index in [0.717, 1.165) is 11.3 Å². The summed E-state index contributed by atoms with van der Waals surface area (Å²) in [6, 6.07) is 17.1. The number of benzene rings is 2. The SMILES string of the molecule is COCCCNC(=O)/C(C#N)=C/c1cn(-c2ccccc2)nc1-c1ccc2c(c1)OCO2. The van der Waals surface area contributed by atoms with Gasteiger partial charge in [-0.1, -0.05) is 18.2 Å². The Bertz CT molecular complexity index is 1180. The van der Waals surface area contributed by atoms with Crippen molar-refractivity contribution in [3.05, 3.63) is 65.9 Å². The summed E-state index contributed by atoms with van der Waals surface area (Å²) < 4.78 is 17.6. The fraction of sp³-hybridized carbons (Fsp3) is 0.208. The van der Waals surface area contributed by atoms with Crippen LogP contribution in [-0.4, -0.2) is 42.7 Å². The zero-order valence-corrected chi connectivity index (χ0v) is 17.6. The molecule has 0 saturated carbocycles. The Labute approximate surface area is 185 Å². The molecule has 0 fully saturated rings. The number of amides is 1. The fourth-order valence-electron chi connectivity index (χ4n) is 3.29. The predicted molar refractivity (Wildman–Crippen MR) is 118 cm³/mol. The van der Waals surface area contributed by atoms with Gasteiger partial charge in [0.1, 0.15) is 17.3 Å². The van der Waals surface area contributed by atoms with Gasteiger partial charge in [0.25, 0.3) is 5.91 Å². The van der Waals surface area contributed by atoms with Crippen LogP contribution in [0.2, 0.25) is 0 Å². The molecule has 32 heavy (non-hydrogen) atoms. The first kappa shape index (κ1) is 21.2. The van der Waals surface area contributed by atoms with Gasteiger partial charge in [-0.15, -0.1) is 0 Å². The molecule has 8 heteroatoms. The number of nitriles is 1. The third-order valence-corrected chi connectivity index (χ3v) is 4.88. The fourth-order valence-corrected chi connectivity index (χ4v) is 3.29. The van der Waals surface area contributed by atoms with Crippen LogP contribution in [0.3, 0.4) is 0 Å². The van der Waals surface area contributed by atoms with Crippen LogP contribution in [0.1, 0.15) is 12.0 Å². The summed E-state index contributed by atoms with van der Waals surface area (Å²) in [4.78, 5) is 12.5. The van der Waals surface area contributed by atoms with E-state index in [2.05, 4.69) is 5.32 Å². The minimum atomic E-state index is -0.437. The number of carbonyl (C=O) groups excluding carboxylic acids is 1. The number of hydrogen-bond donors (Lipinski definition) is 1. The molecule has 0 saturated heterocycles. The minimum Gasteiger partial charge on any atom is -0.454 e. The molecule has 1 aliphatic heterocycles. The maximum atomic E-state index is 12.5. The lowest BCUT2D eigenvalue weighted by Crippen LogP contribution is -2.26. The van der Waals surface area contributed by atoms with Crippen LogP contribution in [-0.2, 0) is 9.53 Å². The first-order valence-corrected chi connectivity index (χ1v) is 10.1. The van der Waals surface area contributed by atoms with Gasteiger partial charge < -0.3 is 19.5 Å². The lowest BCUT2D eigenvalue weighted by Gasteiger charge is -2.04. The van der Waals surface area contributed by atoms with E-state index in [-0.39, 0.29) is 12.4 Å². The molecule has 1 N–H and O–H groups in total. The molecule has 2 heterocycles. The zero-order chi connectivity index (χ0) is 22.3. The molecule has 0 spiro atoms. The van der Waals surface area contributed by atoms with Crippen molar-refractivity contribution < 1.29 is 19.0 Å². The van der Waals surface area contributed by atoms with Crippen molar-refractivity contribution in [3.63, 3.8) is 0 Å². The monoisotopic (exact) mass is 430 g/mol. The van der Waals surface area contributed by atoms with Crippen LogP contribution >= 0.6 is 0 Å². The number of aromatic nitrogens is 2. The largest absolute Gasteiger partial charge is 0.454 e. The van der Waals surface area contributed by atoms with Crippen molar-refractivity contribution >= 4 is 12.0 Å². The topological polar surface area (TPSA) is 98.4 Å². The molecular formula is C24H22N4O4. The molecule has 8 nitrogen and oxygen atoms in total. The van der Waals surface area contributed by atoms with E-state index in [4.69, 9.17) is 19.3 Å². The Hall–Kier alpha value is -4.09. The van der Waals surface area contributed by atoms with Crippen molar-refractivity contribution in [2.24, 2.45) is 0 Å². The van der Waals surface area contributed by atoms with E-state index < -0.39 is 5.91 Å². The molecule has 162 valence electrons. The maximum absolute atomic E-state index is 12.5. The standard InChI is InChI=1S/C24H22N4O4/c1-30-11-5-10-26-24(29)18(14-25)12-19-15-28(20-6-3-2-4-7-20)27-23(19)17-8-9-21-22(13-17)32-16-31-21/h2-4,6-9,12-13,15H,5,10-11,16H2,1H3,(H,26,29)/b18-12+. The number of methoxy groups -OCH3 is 1. The number of ether oxygens (including phenoxy) is 3. The highest BCUT2D eigenvalue weighted by molar-refractivity contribution is 6.02. The van der Waals surface area contributed by atoms with Gasteiger partial charge in [-0.2, -0.15) is 10.4 Å². The van der Waals surface area contributed by atoms with Gasteiger partial charge in [-0.3, -0.25) is 4.79 Å². The average Bonchev–Trinajstić information content (AvgIpc) is 3.47. The number of fused-ring (bicyclic) bond motifs is 1. The summed E-state index contributed by atoms with van der Waals surface area (Å²) in [5.41, 5.74) is 2.89. The number of carbonyl (C=O) groups is 1. The molecule has 1 aliphatic rings. The molecular weight excluding hydrogens is 408 g/mol. The molecule has 4 rings (SSSR count). The molecule has 0 atom stereocenters. The molecule has 0 radical (unpaired) electrons. The molecule has 1 aromatic heterocycles. The quantitative estimate of drug-likeness (QED) is 0.334. The summed E-state index contributed by atoms with van der Waals surface area (Å²) in [7, 11) is 1.60. The highest BCUT2D eigenvalue weighted by Gasteiger charge is 2.19. The highest BCUT2D eigenvalue weighted by atomic mass is 16.7. The Kier molecular flexibility index (Phi) is 6.49. The second kappa shape index (κ2) is 9.81. The third-order valence-electron chi connectivity index (χ3n) is 4.88. The molecule has 2 aromatic carbocycles. The first-order valence-electron chi connectivity index (χ1n) is 10.1. The lowest BCUT2D eigenvalue weighted by atomic mass is 10.1. The number of rotatable bonds is 8. The van der Waals surface area contributed by atoms with Crippen molar-refractivity contribution in [1.29, 1.82) is 5.26 Å². The van der Waals surface area contributed by atoms with E-state index in [1.807, 2.05) is 54.6 Å².